The van der Waals surface area contributed by atoms with Crippen LogP contribution in [0.5, 0.6) is 0 Å². The molecule has 9 nitrogen and oxygen atoms in total. The molecule has 1 heterocycles. The summed E-state index contributed by atoms with van der Waals surface area (Å²) in [5.41, 5.74) is 0. The normalized spacial score (nSPS) is 21.0. The molecule has 0 unspecified atom stereocenters. The zero-order chi connectivity index (χ0) is 9.62. The molecule has 72 valence electrons. The van der Waals surface area contributed by atoms with Crippen LogP contribution < -0.4 is 378 Å². The van der Waals surface area contributed by atoms with Gasteiger partial charge in [0.25, 0.3) is 0 Å². The van der Waals surface area contributed by atoms with Crippen LogP contribution in [0.15, 0.2) is 0 Å². The summed E-state index contributed by atoms with van der Waals surface area (Å²) in [6.45, 7) is 0. The molecule has 0 spiro atoms. The summed E-state index contributed by atoms with van der Waals surface area (Å²) in [5, 5.41) is 0. The summed E-state index contributed by atoms with van der Waals surface area (Å²) in [6.07, 6.45) is 0. The van der Waals surface area contributed by atoms with Gasteiger partial charge < -0.3 is 41.1 Å². The van der Waals surface area contributed by atoms with Crippen molar-refractivity contribution in [2.45, 2.75) is 0 Å². The number of hydrogen-bond acceptors (Lipinski definition) is 9. The van der Waals surface area contributed by atoms with Crippen LogP contribution in [-0.2, 0) is 12.3 Å². The summed E-state index contributed by atoms with van der Waals surface area (Å²) < 4.78 is 9.73. The van der Waals surface area contributed by atoms with Crippen molar-refractivity contribution in [3.05, 3.63) is 0 Å². The predicted octanol–water partition coefficient (Wildman–Crippen LogP) is -26.5. The Bertz CT molecular complexity index is 153. The Kier molecular flexibility index (Phi) is 48.0. The summed E-state index contributed by atoms with van der Waals surface area (Å²) in [6, 6.07) is 0. The Hall–Kier alpha value is 11.1. The molecule has 0 aromatic rings. The average molecular weight is 741 g/mol. The molecule has 1 rings (SSSR count). The Balaban J connectivity index is -0.0000000600. The molecule has 0 amide bonds. The van der Waals surface area contributed by atoms with Gasteiger partial charge in [-0.3, -0.25) is 0 Å². The molecule has 0 aromatic carbocycles. The van der Waals surface area contributed by atoms with Gasteiger partial charge in [0.05, 0.1) is 0 Å². The minimum absolute atomic E-state index is 0. The van der Waals surface area contributed by atoms with Crippen LogP contribution in [0.3, 0.4) is 0 Å². The van der Waals surface area contributed by atoms with Gasteiger partial charge >= 0.3 is 349 Å². The predicted molar refractivity (Wildman–Crippen MR) is 20.5 cm³/mol. The van der Waals surface area contributed by atoms with Crippen molar-refractivity contribution in [2.24, 2.45) is 0 Å². The van der Waals surface area contributed by atoms with E-state index in [0.717, 1.165) is 0 Å². The van der Waals surface area contributed by atoms with Gasteiger partial charge in [0, 0.05) is 0 Å². The van der Waals surface area contributed by atoms with Crippen LogP contribution in [-0.4, -0.2) is 27.1 Å². The van der Waals surface area contributed by atoms with E-state index >= 15 is 0 Å². The fourth-order valence-corrected chi connectivity index (χ4v) is 5.82. The van der Waals surface area contributed by atoms with Crippen LogP contribution in [0.4, 0.5) is 0 Å². The zero-order valence-electron chi connectivity index (χ0n) is 11.2. The van der Waals surface area contributed by atoms with Crippen LogP contribution >= 0.6 is 0 Å². The fourth-order valence-electron chi connectivity index (χ4n) is 0.522. The first-order valence-corrected chi connectivity index (χ1v) is 7.35. The average Bonchev–Trinajstić information content (AvgIpc) is 1.44. The molecule has 1 saturated heterocycles. The standard InChI is InChI=1S/O9Si3.6Rb/c1-10(2)7-11(3,4)9-12(5,6)8-10;;;;;;/q-6;6*+1. The SMILES string of the molecule is [O-][Si]1([O-])O[Si]([O-])([O-])O[Si]([O-])([O-])O1.[Rb+].[Rb+].[Rb+].[Rb+].[Rb+].[Rb+]. The van der Waals surface area contributed by atoms with Crippen LogP contribution in [0.25, 0.3) is 0 Å². The second kappa shape index (κ2) is 20.0. The van der Waals surface area contributed by atoms with Gasteiger partial charge in [0.15, 0.2) is 0 Å². The maximum absolute atomic E-state index is 10.3. The van der Waals surface area contributed by atoms with E-state index in [4.69, 9.17) is 0 Å². The molecule has 0 radical (unpaired) electrons. The molecular weight excluding hydrogens is 741 g/mol. The molecule has 1 aliphatic heterocycles. The van der Waals surface area contributed by atoms with Gasteiger partial charge in [-0.25, -0.2) is 0 Å². The molecule has 0 atom stereocenters. The molecule has 1 fully saturated rings. The van der Waals surface area contributed by atoms with Gasteiger partial charge in [0.2, 0.25) is 0 Å². The third kappa shape index (κ3) is 21.8. The van der Waals surface area contributed by atoms with Crippen molar-refractivity contribution >= 4 is 27.1 Å². The van der Waals surface area contributed by atoms with Crippen molar-refractivity contribution in [1.29, 1.82) is 0 Å². The molecule has 18 heavy (non-hydrogen) atoms. The minimum Gasteiger partial charge on any atom is -0.829 e. The first-order valence-electron chi connectivity index (χ1n) is 2.45. The van der Waals surface area contributed by atoms with Gasteiger partial charge in [-0.1, -0.05) is 0 Å². The summed E-state index contributed by atoms with van der Waals surface area (Å²) in [7, 11) is -16.8. The van der Waals surface area contributed by atoms with E-state index in [0.29, 0.717) is 0 Å². The number of rotatable bonds is 0. The topological polar surface area (TPSA) is 166 Å². The van der Waals surface area contributed by atoms with E-state index in [1.807, 2.05) is 0 Å². The van der Waals surface area contributed by atoms with Crippen molar-refractivity contribution in [3.63, 3.8) is 0 Å². The van der Waals surface area contributed by atoms with Gasteiger partial charge in [0.1, 0.15) is 27.1 Å². The van der Waals surface area contributed by atoms with Crippen molar-refractivity contribution < 1.29 is 390 Å². The molecule has 18 heteroatoms. The minimum atomic E-state index is -5.61. The molecular formula is O9Rb6Si3. The second-order valence-electron chi connectivity index (χ2n) is 1.81. The van der Waals surface area contributed by atoms with Gasteiger partial charge in [-0.2, -0.15) is 0 Å². The molecule has 0 bridgehead atoms. The van der Waals surface area contributed by atoms with Gasteiger partial charge in [-0.15, -0.1) is 0 Å². The van der Waals surface area contributed by atoms with E-state index in [2.05, 4.69) is 12.3 Å². The maximum atomic E-state index is 10.3. The van der Waals surface area contributed by atoms with Crippen molar-refractivity contribution in [3.8, 4) is 0 Å². The fraction of sp³-hybridized carbons (Fsp3) is 0. The third-order valence-electron chi connectivity index (χ3n) is 0.750. The van der Waals surface area contributed by atoms with Gasteiger partial charge in [-0.05, 0) is 0 Å². The first kappa shape index (κ1) is 43.1. The van der Waals surface area contributed by atoms with Crippen molar-refractivity contribution in [1.82, 2.24) is 0 Å². The summed E-state index contributed by atoms with van der Waals surface area (Å²) in [4.78, 5) is 61.7. The van der Waals surface area contributed by atoms with E-state index in [1.165, 1.54) is 0 Å². The molecule has 1 aliphatic rings. The Morgan fingerprint density at radius 2 is 0.500 bits per heavy atom. The largest absolute Gasteiger partial charge is 1.00 e. The quantitative estimate of drug-likeness (QED) is 0.219. The maximum Gasteiger partial charge on any atom is 1.00 e. The molecule has 0 aromatic heterocycles. The second-order valence-corrected chi connectivity index (χ2v) is 7.26. The smallest absolute Gasteiger partial charge is 0.829 e. The Morgan fingerprint density at radius 1 is 0.389 bits per heavy atom. The first-order chi connectivity index (χ1) is 5.12. The molecule has 0 saturated carbocycles. The van der Waals surface area contributed by atoms with E-state index < -0.39 is 27.1 Å². The summed E-state index contributed by atoms with van der Waals surface area (Å²) in [5.74, 6) is 0. The van der Waals surface area contributed by atoms with Crippen LogP contribution in [0.1, 0.15) is 0 Å². The summed E-state index contributed by atoms with van der Waals surface area (Å²) >= 11 is 0. The number of hydrogen-bond donors (Lipinski definition) is 0. The zero-order valence-corrected chi connectivity index (χ0v) is 43.7. The monoisotopic (exact) mass is 737 g/mol. The third-order valence-corrected chi connectivity index (χ3v) is 6.75. The van der Waals surface area contributed by atoms with Crippen LogP contribution in [0, 0.1) is 0 Å². The van der Waals surface area contributed by atoms with E-state index in [-0.39, 0.29) is 349 Å². The Morgan fingerprint density at radius 3 is 0.611 bits per heavy atom. The van der Waals surface area contributed by atoms with E-state index in [1.54, 1.807) is 0 Å². The van der Waals surface area contributed by atoms with Crippen LogP contribution in [0.2, 0.25) is 0 Å². The van der Waals surface area contributed by atoms with E-state index in [9.17, 15) is 28.8 Å². The van der Waals surface area contributed by atoms with Crippen molar-refractivity contribution in [2.75, 3.05) is 0 Å². The molecule has 0 aliphatic carbocycles. The Labute approximate surface area is 401 Å². The molecule has 0 N–H and O–H groups in total.